The standard InChI is InChI=1S/C15H16ClN3O2/c1-3-9-19-14(20)8-7-13(18-19)15(21)17-12-6-4-5-11(16)10(12)2/h4-8H,3,9H2,1-2H3,(H,17,21). The third-order valence-corrected chi connectivity index (χ3v) is 3.46. The van der Waals surface area contributed by atoms with Gasteiger partial charge >= 0.3 is 0 Å². The van der Waals surface area contributed by atoms with Crippen LogP contribution < -0.4 is 10.9 Å². The topological polar surface area (TPSA) is 64.0 Å². The first kappa shape index (κ1) is 15.3. The summed E-state index contributed by atoms with van der Waals surface area (Å²) in [5.74, 6) is -0.370. The number of aromatic nitrogens is 2. The quantitative estimate of drug-likeness (QED) is 0.944. The van der Waals surface area contributed by atoms with Gasteiger partial charge in [0.15, 0.2) is 0 Å². The zero-order chi connectivity index (χ0) is 15.4. The first-order chi connectivity index (χ1) is 10.0. The van der Waals surface area contributed by atoms with Gasteiger partial charge in [-0.2, -0.15) is 5.10 Å². The second-order valence-electron chi connectivity index (χ2n) is 4.65. The molecule has 0 atom stereocenters. The summed E-state index contributed by atoms with van der Waals surface area (Å²) in [6.07, 6.45) is 0.769. The normalized spacial score (nSPS) is 10.4. The fraction of sp³-hybridized carbons (Fsp3) is 0.267. The lowest BCUT2D eigenvalue weighted by Gasteiger charge is -2.10. The Morgan fingerprint density at radius 3 is 2.81 bits per heavy atom. The van der Waals surface area contributed by atoms with Crippen molar-refractivity contribution in [1.29, 1.82) is 0 Å². The minimum Gasteiger partial charge on any atom is -0.320 e. The van der Waals surface area contributed by atoms with Crippen LogP contribution in [-0.4, -0.2) is 15.7 Å². The highest BCUT2D eigenvalue weighted by Crippen LogP contribution is 2.23. The Balaban J connectivity index is 2.26. The molecule has 0 radical (unpaired) electrons. The second-order valence-corrected chi connectivity index (χ2v) is 5.05. The summed E-state index contributed by atoms with van der Waals surface area (Å²) in [6, 6.07) is 8.05. The summed E-state index contributed by atoms with van der Waals surface area (Å²) in [7, 11) is 0. The molecule has 1 N–H and O–H groups in total. The number of aryl methyl sites for hydroxylation is 1. The number of nitrogens with zero attached hydrogens (tertiary/aromatic N) is 2. The zero-order valence-corrected chi connectivity index (χ0v) is 12.6. The van der Waals surface area contributed by atoms with Crippen molar-refractivity contribution in [2.45, 2.75) is 26.8 Å². The molecule has 0 aliphatic heterocycles. The molecular weight excluding hydrogens is 290 g/mol. The highest BCUT2D eigenvalue weighted by Gasteiger charge is 2.11. The molecule has 0 aliphatic rings. The number of amides is 1. The lowest BCUT2D eigenvalue weighted by atomic mass is 10.2. The molecule has 1 aromatic carbocycles. The van der Waals surface area contributed by atoms with Crippen molar-refractivity contribution in [2.24, 2.45) is 0 Å². The van der Waals surface area contributed by atoms with E-state index in [1.165, 1.54) is 16.8 Å². The Labute approximate surface area is 127 Å². The molecule has 6 heteroatoms. The molecule has 0 saturated heterocycles. The van der Waals surface area contributed by atoms with Crippen LogP contribution in [0.25, 0.3) is 0 Å². The number of benzene rings is 1. The van der Waals surface area contributed by atoms with Crippen LogP contribution in [0.1, 0.15) is 29.4 Å². The van der Waals surface area contributed by atoms with Crippen LogP contribution >= 0.6 is 11.6 Å². The van der Waals surface area contributed by atoms with E-state index >= 15 is 0 Å². The van der Waals surface area contributed by atoms with E-state index in [0.29, 0.717) is 17.3 Å². The third kappa shape index (κ3) is 3.49. The molecule has 0 spiro atoms. The molecule has 1 heterocycles. The van der Waals surface area contributed by atoms with Crippen molar-refractivity contribution in [3.63, 3.8) is 0 Å². The first-order valence-electron chi connectivity index (χ1n) is 6.67. The summed E-state index contributed by atoms with van der Waals surface area (Å²) in [4.78, 5) is 23.8. The summed E-state index contributed by atoms with van der Waals surface area (Å²) in [5.41, 5.74) is 1.40. The van der Waals surface area contributed by atoms with Crippen LogP contribution in [0.3, 0.4) is 0 Å². The molecular formula is C15H16ClN3O2. The van der Waals surface area contributed by atoms with Gasteiger partial charge in [-0.05, 0) is 37.1 Å². The maximum Gasteiger partial charge on any atom is 0.276 e. The average molecular weight is 306 g/mol. The summed E-state index contributed by atoms with van der Waals surface area (Å²) in [5, 5.41) is 7.40. The molecule has 0 fully saturated rings. The Morgan fingerprint density at radius 1 is 1.33 bits per heavy atom. The zero-order valence-electron chi connectivity index (χ0n) is 11.9. The summed E-state index contributed by atoms with van der Waals surface area (Å²) >= 11 is 6.02. The molecule has 1 amide bonds. The van der Waals surface area contributed by atoms with Crippen LogP contribution in [0.4, 0.5) is 5.69 Å². The Morgan fingerprint density at radius 2 is 2.10 bits per heavy atom. The average Bonchev–Trinajstić information content (AvgIpc) is 2.46. The largest absolute Gasteiger partial charge is 0.320 e. The van der Waals surface area contributed by atoms with Crippen LogP contribution in [0.2, 0.25) is 5.02 Å². The van der Waals surface area contributed by atoms with E-state index in [4.69, 9.17) is 11.6 Å². The maximum atomic E-state index is 12.2. The number of nitrogens with one attached hydrogen (secondary N) is 1. The fourth-order valence-electron chi connectivity index (χ4n) is 1.87. The van der Waals surface area contributed by atoms with E-state index in [2.05, 4.69) is 10.4 Å². The number of hydrogen-bond donors (Lipinski definition) is 1. The van der Waals surface area contributed by atoms with E-state index in [9.17, 15) is 9.59 Å². The Kier molecular flexibility index (Phi) is 4.75. The van der Waals surface area contributed by atoms with E-state index < -0.39 is 0 Å². The van der Waals surface area contributed by atoms with Crippen molar-refractivity contribution in [1.82, 2.24) is 9.78 Å². The van der Waals surface area contributed by atoms with E-state index in [0.717, 1.165) is 12.0 Å². The fourth-order valence-corrected chi connectivity index (χ4v) is 2.05. The molecule has 2 rings (SSSR count). The molecule has 110 valence electrons. The van der Waals surface area contributed by atoms with Gasteiger partial charge in [0.1, 0.15) is 5.69 Å². The summed E-state index contributed by atoms with van der Waals surface area (Å²) in [6.45, 7) is 4.25. The van der Waals surface area contributed by atoms with Gasteiger partial charge < -0.3 is 5.32 Å². The Bertz CT molecular complexity index is 725. The van der Waals surface area contributed by atoms with Gasteiger partial charge in [-0.15, -0.1) is 0 Å². The molecule has 0 unspecified atom stereocenters. The van der Waals surface area contributed by atoms with Gasteiger partial charge in [0, 0.05) is 23.3 Å². The number of hydrogen-bond acceptors (Lipinski definition) is 3. The molecule has 0 bridgehead atoms. The molecule has 1 aromatic heterocycles. The van der Waals surface area contributed by atoms with Crippen molar-refractivity contribution in [3.8, 4) is 0 Å². The number of carbonyl (C=O) groups is 1. The monoisotopic (exact) mass is 305 g/mol. The predicted octanol–water partition coefficient (Wildman–Crippen LogP) is 2.87. The number of carbonyl (C=O) groups excluding carboxylic acids is 1. The highest BCUT2D eigenvalue weighted by atomic mass is 35.5. The SMILES string of the molecule is CCCn1nc(C(=O)Nc2cccc(Cl)c2C)ccc1=O. The summed E-state index contributed by atoms with van der Waals surface area (Å²) < 4.78 is 1.29. The van der Waals surface area contributed by atoms with E-state index in [1.807, 2.05) is 13.8 Å². The number of rotatable bonds is 4. The van der Waals surface area contributed by atoms with Gasteiger partial charge in [-0.1, -0.05) is 24.6 Å². The van der Waals surface area contributed by atoms with Gasteiger partial charge in [-0.25, -0.2) is 4.68 Å². The van der Waals surface area contributed by atoms with Crippen LogP contribution in [0.5, 0.6) is 0 Å². The minimum atomic E-state index is -0.370. The molecule has 0 saturated carbocycles. The molecule has 0 aliphatic carbocycles. The number of anilines is 1. The van der Waals surface area contributed by atoms with Gasteiger partial charge in [0.2, 0.25) is 0 Å². The van der Waals surface area contributed by atoms with Crippen molar-refractivity contribution >= 4 is 23.2 Å². The maximum absolute atomic E-state index is 12.2. The highest BCUT2D eigenvalue weighted by molar-refractivity contribution is 6.31. The van der Waals surface area contributed by atoms with E-state index in [-0.39, 0.29) is 17.2 Å². The van der Waals surface area contributed by atoms with Crippen LogP contribution in [-0.2, 0) is 6.54 Å². The van der Waals surface area contributed by atoms with Gasteiger partial charge in [-0.3, -0.25) is 9.59 Å². The van der Waals surface area contributed by atoms with Crippen molar-refractivity contribution in [2.75, 3.05) is 5.32 Å². The van der Waals surface area contributed by atoms with Crippen LogP contribution in [0.15, 0.2) is 35.1 Å². The van der Waals surface area contributed by atoms with E-state index in [1.54, 1.807) is 18.2 Å². The molecule has 21 heavy (non-hydrogen) atoms. The lowest BCUT2D eigenvalue weighted by Crippen LogP contribution is -2.26. The first-order valence-corrected chi connectivity index (χ1v) is 7.05. The molecule has 2 aromatic rings. The molecule has 5 nitrogen and oxygen atoms in total. The predicted molar refractivity (Wildman–Crippen MR) is 82.9 cm³/mol. The van der Waals surface area contributed by atoms with Gasteiger partial charge in [0.25, 0.3) is 11.5 Å². The van der Waals surface area contributed by atoms with Crippen molar-refractivity contribution in [3.05, 3.63) is 57.0 Å². The second kappa shape index (κ2) is 6.54. The number of halogens is 1. The smallest absolute Gasteiger partial charge is 0.276 e. The van der Waals surface area contributed by atoms with Crippen molar-refractivity contribution < 1.29 is 4.79 Å². The third-order valence-electron chi connectivity index (χ3n) is 3.05. The van der Waals surface area contributed by atoms with Gasteiger partial charge in [0.05, 0.1) is 0 Å². The van der Waals surface area contributed by atoms with Crippen LogP contribution in [0, 0.1) is 6.92 Å². The minimum absolute atomic E-state index is 0.197. The lowest BCUT2D eigenvalue weighted by molar-refractivity contribution is 0.101. The Hall–Kier alpha value is -2.14.